The normalized spacial score (nSPS) is 10.6. The molecule has 0 aliphatic heterocycles. The van der Waals surface area contributed by atoms with Gasteiger partial charge in [0, 0.05) is 17.1 Å². The molecule has 4 rings (SSSR count). The summed E-state index contributed by atoms with van der Waals surface area (Å²) in [5.74, 6) is -0.277. The number of carbonyl (C=O) groups excluding carboxylic acids is 1. The molecule has 0 atom stereocenters. The van der Waals surface area contributed by atoms with E-state index in [0.29, 0.717) is 28.6 Å². The summed E-state index contributed by atoms with van der Waals surface area (Å²) in [5, 5.41) is 11.0. The Kier molecular flexibility index (Phi) is 5.82. The molecule has 30 heavy (non-hydrogen) atoms. The van der Waals surface area contributed by atoms with Crippen LogP contribution >= 0.6 is 11.6 Å². The average molecular weight is 417 g/mol. The van der Waals surface area contributed by atoms with Crippen LogP contribution < -0.4 is 10.6 Å². The molecule has 2 N–H and O–H groups in total. The molecular formula is C24H21ClN4O. The number of rotatable bonds is 6. The average Bonchev–Trinajstić information content (AvgIpc) is 3.04. The van der Waals surface area contributed by atoms with Crippen molar-refractivity contribution < 1.29 is 4.79 Å². The first-order valence-corrected chi connectivity index (χ1v) is 9.98. The number of anilines is 3. The molecule has 0 fully saturated rings. The van der Waals surface area contributed by atoms with Crippen molar-refractivity contribution in [2.75, 3.05) is 10.6 Å². The Labute approximate surface area is 180 Å². The molecule has 0 spiro atoms. The third-order valence-electron chi connectivity index (χ3n) is 4.67. The first-order valence-electron chi connectivity index (χ1n) is 9.60. The van der Waals surface area contributed by atoms with Gasteiger partial charge in [-0.05, 0) is 48.9 Å². The van der Waals surface area contributed by atoms with E-state index in [2.05, 4.69) is 15.7 Å². The van der Waals surface area contributed by atoms with E-state index in [1.165, 1.54) is 0 Å². The van der Waals surface area contributed by atoms with Crippen LogP contribution in [-0.4, -0.2) is 15.7 Å². The fraction of sp³-hybridized carbons (Fsp3) is 0.0833. The third kappa shape index (κ3) is 4.53. The van der Waals surface area contributed by atoms with Gasteiger partial charge in [0.25, 0.3) is 5.91 Å². The van der Waals surface area contributed by atoms with E-state index in [4.69, 9.17) is 11.6 Å². The van der Waals surface area contributed by atoms with Crippen molar-refractivity contribution in [2.24, 2.45) is 0 Å². The maximum Gasteiger partial charge on any atom is 0.260 e. The molecule has 5 nitrogen and oxygen atoms in total. The van der Waals surface area contributed by atoms with Crippen molar-refractivity contribution in [2.45, 2.75) is 13.5 Å². The van der Waals surface area contributed by atoms with Crippen LogP contribution in [0.4, 0.5) is 17.1 Å². The number of hydrogen-bond acceptors (Lipinski definition) is 3. The summed E-state index contributed by atoms with van der Waals surface area (Å²) in [6.45, 7) is 2.29. The zero-order valence-corrected chi connectivity index (χ0v) is 17.2. The van der Waals surface area contributed by atoms with Crippen LogP contribution in [0.2, 0.25) is 5.15 Å². The van der Waals surface area contributed by atoms with E-state index in [1.807, 2.05) is 84.9 Å². The summed E-state index contributed by atoms with van der Waals surface area (Å²) in [6, 6.07) is 27.3. The number of hydrogen-bond donors (Lipinski definition) is 2. The summed E-state index contributed by atoms with van der Waals surface area (Å²) in [5.41, 5.74) is 4.67. The fourth-order valence-corrected chi connectivity index (χ4v) is 3.51. The minimum atomic E-state index is -0.277. The summed E-state index contributed by atoms with van der Waals surface area (Å²) in [6.07, 6.45) is 0. The number of aromatic nitrogens is 2. The predicted octanol–water partition coefficient (Wildman–Crippen LogP) is 5.89. The summed E-state index contributed by atoms with van der Waals surface area (Å²) >= 11 is 6.49. The Bertz CT molecular complexity index is 1140. The van der Waals surface area contributed by atoms with Gasteiger partial charge in [-0.15, -0.1) is 0 Å². The van der Waals surface area contributed by atoms with Crippen molar-refractivity contribution >= 4 is 34.6 Å². The van der Waals surface area contributed by atoms with Gasteiger partial charge in [0.1, 0.15) is 5.15 Å². The van der Waals surface area contributed by atoms with Crippen LogP contribution in [0.25, 0.3) is 0 Å². The van der Waals surface area contributed by atoms with Crippen LogP contribution in [0, 0.1) is 6.92 Å². The maximum absolute atomic E-state index is 12.8. The predicted molar refractivity (Wildman–Crippen MR) is 122 cm³/mol. The largest absolute Gasteiger partial charge is 0.356 e. The molecule has 1 amide bonds. The Morgan fingerprint density at radius 1 is 0.867 bits per heavy atom. The summed E-state index contributed by atoms with van der Waals surface area (Å²) in [7, 11) is 0. The van der Waals surface area contributed by atoms with Gasteiger partial charge >= 0.3 is 0 Å². The molecule has 4 aromatic rings. The molecule has 1 aromatic heterocycles. The standard InChI is InChI=1S/C24H21ClN4O/c1-17-22(23(25)29(28-17)16-18-8-4-2-5-9-18)24(30)27-21-14-12-20(13-15-21)26-19-10-6-3-7-11-19/h2-15,26H,16H2,1H3,(H,27,30). The Hall–Kier alpha value is -3.57. The van der Waals surface area contributed by atoms with E-state index < -0.39 is 0 Å². The Morgan fingerprint density at radius 3 is 2.10 bits per heavy atom. The van der Waals surface area contributed by atoms with Gasteiger partial charge in [-0.2, -0.15) is 5.10 Å². The van der Waals surface area contributed by atoms with Gasteiger partial charge in [-0.25, -0.2) is 4.68 Å². The zero-order valence-electron chi connectivity index (χ0n) is 16.5. The van der Waals surface area contributed by atoms with Crippen LogP contribution in [0.5, 0.6) is 0 Å². The monoisotopic (exact) mass is 416 g/mol. The molecule has 0 unspecified atom stereocenters. The Balaban J connectivity index is 1.46. The number of nitrogens with one attached hydrogen (secondary N) is 2. The highest BCUT2D eigenvalue weighted by molar-refractivity contribution is 6.33. The smallest absolute Gasteiger partial charge is 0.260 e. The number of carbonyl (C=O) groups is 1. The van der Waals surface area contributed by atoms with E-state index in [0.717, 1.165) is 16.9 Å². The minimum absolute atomic E-state index is 0.277. The topological polar surface area (TPSA) is 59.0 Å². The lowest BCUT2D eigenvalue weighted by Crippen LogP contribution is -2.13. The lowest BCUT2D eigenvalue weighted by molar-refractivity contribution is 0.102. The minimum Gasteiger partial charge on any atom is -0.356 e. The SMILES string of the molecule is Cc1nn(Cc2ccccc2)c(Cl)c1C(=O)Nc1ccc(Nc2ccccc2)cc1. The fourth-order valence-electron chi connectivity index (χ4n) is 3.19. The highest BCUT2D eigenvalue weighted by atomic mass is 35.5. The highest BCUT2D eigenvalue weighted by Crippen LogP contribution is 2.23. The van der Waals surface area contributed by atoms with Crippen molar-refractivity contribution in [1.29, 1.82) is 0 Å². The van der Waals surface area contributed by atoms with Crippen LogP contribution in [0.3, 0.4) is 0 Å². The van der Waals surface area contributed by atoms with E-state index in [9.17, 15) is 4.79 Å². The van der Waals surface area contributed by atoms with Crippen LogP contribution in [0.1, 0.15) is 21.6 Å². The summed E-state index contributed by atoms with van der Waals surface area (Å²) < 4.78 is 1.65. The van der Waals surface area contributed by atoms with Crippen LogP contribution in [-0.2, 0) is 6.54 Å². The lowest BCUT2D eigenvalue weighted by Gasteiger charge is -2.09. The second kappa shape index (κ2) is 8.84. The van der Waals surface area contributed by atoms with Gasteiger partial charge < -0.3 is 10.6 Å². The number of nitrogens with zero attached hydrogens (tertiary/aromatic N) is 2. The molecule has 0 aliphatic carbocycles. The molecule has 6 heteroatoms. The van der Waals surface area contributed by atoms with Gasteiger partial charge in [0.15, 0.2) is 0 Å². The number of amides is 1. The van der Waals surface area contributed by atoms with Crippen molar-refractivity contribution in [3.8, 4) is 0 Å². The molecule has 1 heterocycles. The number of aryl methyl sites for hydroxylation is 1. The van der Waals surface area contributed by atoms with Crippen LogP contribution in [0.15, 0.2) is 84.9 Å². The van der Waals surface area contributed by atoms with Crippen molar-refractivity contribution in [1.82, 2.24) is 9.78 Å². The second-order valence-electron chi connectivity index (χ2n) is 6.92. The first-order chi connectivity index (χ1) is 14.6. The van der Waals surface area contributed by atoms with Gasteiger partial charge in [-0.3, -0.25) is 4.79 Å². The zero-order chi connectivity index (χ0) is 20.9. The van der Waals surface area contributed by atoms with E-state index in [1.54, 1.807) is 11.6 Å². The van der Waals surface area contributed by atoms with Gasteiger partial charge in [-0.1, -0.05) is 60.1 Å². The summed E-state index contributed by atoms with van der Waals surface area (Å²) in [4.78, 5) is 12.8. The Morgan fingerprint density at radius 2 is 1.43 bits per heavy atom. The van der Waals surface area contributed by atoms with Gasteiger partial charge in [0.05, 0.1) is 17.8 Å². The number of halogens is 1. The molecular weight excluding hydrogens is 396 g/mol. The van der Waals surface area contributed by atoms with E-state index in [-0.39, 0.29) is 5.91 Å². The number of para-hydroxylation sites is 1. The molecule has 0 bridgehead atoms. The molecule has 0 saturated carbocycles. The molecule has 0 radical (unpaired) electrons. The second-order valence-corrected chi connectivity index (χ2v) is 7.27. The van der Waals surface area contributed by atoms with Crippen molar-refractivity contribution in [3.63, 3.8) is 0 Å². The lowest BCUT2D eigenvalue weighted by atomic mass is 10.2. The number of benzene rings is 3. The third-order valence-corrected chi connectivity index (χ3v) is 5.06. The van der Waals surface area contributed by atoms with E-state index >= 15 is 0 Å². The quantitative estimate of drug-likeness (QED) is 0.412. The first kappa shape index (κ1) is 19.7. The molecule has 0 aliphatic rings. The molecule has 3 aromatic carbocycles. The maximum atomic E-state index is 12.8. The highest BCUT2D eigenvalue weighted by Gasteiger charge is 2.20. The van der Waals surface area contributed by atoms with Gasteiger partial charge in [0.2, 0.25) is 0 Å². The molecule has 150 valence electrons. The molecule has 0 saturated heterocycles. The van der Waals surface area contributed by atoms with Crippen molar-refractivity contribution in [3.05, 3.63) is 107 Å².